The summed E-state index contributed by atoms with van der Waals surface area (Å²) >= 11 is 0. The Balaban J connectivity index is 2.41. The van der Waals surface area contributed by atoms with Crippen molar-refractivity contribution in [1.82, 2.24) is 0 Å². The van der Waals surface area contributed by atoms with Crippen LogP contribution in [0.15, 0.2) is 41.3 Å². The van der Waals surface area contributed by atoms with Crippen LogP contribution in [0.2, 0.25) is 0 Å². The van der Waals surface area contributed by atoms with Gasteiger partial charge in [0.1, 0.15) is 16.5 Å². The highest BCUT2D eigenvalue weighted by molar-refractivity contribution is 7.87. The number of benzene rings is 2. The van der Waals surface area contributed by atoms with Crippen molar-refractivity contribution in [3.63, 3.8) is 0 Å². The van der Waals surface area contributed by atoms with Crippen LogP contribution in [0.1, 0.15) is 16.7 Å². The van der Waals surface area contributed by atoms with E-state index in [-0.39, 0.29) is 16.2 Å². The van der Waals surface area contributed by atoms with Crippen LogP contribution in [-0.2, 0) is 10.1 Å². The summed E-state index contributed by atoms with van der Waals surface area (Å²) in [5.74, 6) is -0.164. The van der Waals surface area contributed by atoms with Gasteiger partial charge < -0.3 is 4.18 Å². The van der Waals surface area contributed by atoms with Crippen molar-refractivity contribution in [2.24, 2.45) is 0 Å². The summed E-state index contributed by atoms with van der Waals surface area (Å²) < 4.78 is 42.7. The van der Waals surface area contributed by atoms with Gasteiger partial charge in [-0.1, -0.05) is 12.1 Å². The maximum absolute atomic E-state index is 13.2. The fourth-order valence-corrected chi connectivity index (χ4v) is 2.82. The first-order chi connectivity index (χ1) is 9.31. The molecule has 0 aliphatic carbocycles. The summed E-state index contributed by atoms with van der Waals surface area (Å²) in [6, 6.07) is 8.77. The molecule has 2 rings (SSSR count). The smallest absolute Gasteiger partial charge is 0.339 e. The van der Waals surface area contributed by atoms with Gasteiger partial charge in [0.25, 0.3) is 0 Å². The standard InChI is InChI=1S/C15H15FO3S/c1-10-5-4-6-15(12(10)3)19-20(17,18)13-7-8-14(16)11(2)9-13/h4-9H,1-3H3. The van der Waals surface area contributed by atoms with Crippen molar-refractivity contribution >= 4 is 10.1 Å². The number of aryl methyl sites for hydroxylation is 2. The summed E-state index contributed by atoms with van der Waals surface area (Å²) in [6.45, 7) is 5.17. The van der Waals surface area contributed by atoms with E-state index in [0.717, 1.165) is 17.2 Å². The third-order valence-electron chi connectivity index (χ3n) is 3.17. The maximum atomic E-state index is 13.2. The Bertz CT molecular complexity index is 752. The van der Waals surface area contributed by atoms with Gasteiger partial charge in [-0.3, -0.25) is 0 Å². The second kappa shape index (κ2) is 5.25. The molecule has 0 fully saturated rings. The van der Waals surface area contributed by atoms with E-state index >= 15 is 0 Å². The van der Waals surface area contributed by atoms with E-state index in [2.05, 4.69) is 0 Å². The van der Waals surface area contributed by atoms with Crippen LogP contribution in [0, 0.1) is 26.6 Å². The summed E-state index contributed by atoms with van der Waals surface area (Å²) in [5.41, 5.74) is 1.96. The molecule has 20 heavy (non-hydrogen) atoms. The van der Waals surface area contributed by atoms with Gasteiger partial charge in [-0.15, -0.1) is 0 Å². The average molecular weight is 294 g/mol. The molecule has 0 atom stereocenters. The summed E-state index contributed by atoms with van der Waals surface area (Å²) in [4.78, 5) is -0.0580. The van der Waals surface area contributed by atoms with E-state index in [1.807, 2.05) is 13.0 Å². The molecule has 0 saturated carbocycles. The quantitative estimate of drug-likeness (QED) is 0.813. The van der Waals surface area contributed by atoms with E-state index < -0.39 is 15.9 Å². The molecule has 0 aliphatic rings. The third kappa shape index (κ3) is 2.82. The Morgan fingerprint density at radius 1 is 1.00 bits per heavy atom. The monoisotopic (exact) mass is 294 g/mol. The van der Waals surface area contributed by atoms with Gasteiger partial charge >= 0.3 is 10.1 Å². The van der Waals surface area contributed by atoms with Crippen LogP contribution in [-0.4, -0.2) is 8.42 Å². The van der Waals surface area contributed by atoms with E-state index in [4.69, 9.17) is 4.18 Å². The molecule has 0 bridgehead atoms. The lowest BCUT2D eigenvalue weighted by Gasteiger charge is -2.11. The molecule has 0 unspecified atom stereocenters. The number of hydrogen-bond acceptors (Lipinski definition) is 3. The largest absolute Gasteiger partial charge is 0.379 e. The van der Waals surface area contributed by atoms with Gasteiger partial charge in [0, 0.05) is 0 Å². The van der Waals surface area contributed by atoms with E-state index in [1.165, 1.54) is 19.1 Å². The van der Waals surface area contributed by atoms with Gasteiger partial charge in [0.2, 0.25) is 0 Å². The van der Waals surface area contributed by atoms with E-state index in [0.29, 0.717) is 0 Å². The first-order valence-electron chi connectivity index (χ1n) is 6.08. The van der Waals surface area contributed by atoms with Gasteiger partial charge in [-0.25, -0.2) is 4.39 Å². The van der Waals surface area contributed by atoms with E-state index in [1.54, 1.807) is 19.1 Å². The Hall–Kier alpha value is -1.88. The van der Waals surface area contributed by atoms with Gasteiger partial charge in [-0.2, -0.15) is 8.42 Å². The number of hydrogen-bond donors (Lipinski definition) is 0. The molecular weight excluding hydrogens is 279 g/mol. The Labute approximate surface area is 118 Å². The molecule has 0 aromatic heterocycles. The highest BCUT2D eigenvalue weighted by atomic mass is 32.2. The zero-order valence-corrected chi connectivity index (χ0v) is 12.3. The third-order valence-corrected chi connectivity index (χ3v) is 4.40. The highest BCUT2D eigenvalue weighted by Crippen LogP contribution is 2.25. The zero-order chi connectivity index (χ0) is 14.9. The lowest BCUT2D eigenvalue weighted by molar-refractivity contribution is 0.483. The van der Waals surface area contributed by atoms with Crippen molar-refractivity contribution in [3.05, 3.63) is 58.9 Å². The predicted molar refractivity (Wildman–Crippen MR) is 74.9 cm³/mol. The minimum Gasteiger partial charge on any atom is -0.379 e. The summed E-state index contributed by atoms with van der Waals surface area (Å²) in [5, 5.41) is 0. The average Bonchev–Trinajstić information content (AvgIpc) is 2.38. The normalized spacial score (nSPS) is 11.4. The topological polar surface area (TPSA) is 43.4 Å². The Morgan fingerprint density at radius 2 is 1.70 bits per heavy atom. The summed E-state index contributed by atoms with van der Waals surface area (Å²) in [6.07, 6.45) is 0. The maximum Gasteiger partial charge on any atom is 0.339 e. The van der Waals surface area contributed by atoms with Crippen molar-refractivity contribution in [3.8, 4) is 5.75 Å². The van der Waals surface area contributed by atoms with Gasteiger partial charge in [0.05, 0.1) is 0 Å². The molecule has 2 aromatic carbocycles. The SMILES string of the molecule is Cc1cc(S(=O)(=O)Oc2cccc(C)c2C)ccc1F. The lowest BCUT2D eigenvalue weighted by Crippen LogP contribution is -2.11. The number of halogens is 1. The second-order valence-electron chi connectivity index (χ2n) is 4.65. The second-order valence-corrected chi connectivity index (χ2v) is 6.19. The first kappa shape index (κ1) is 14.5. The molecule has 0 radical (unpaired) electrons. The fourth-order valence-electron chi connectivity index (χ4n) is 1.75. The highest BCUT2D eigenvalue weighted by Gasteiger charge is 2.19. The van der Waals surface area contributed by atoms with Crippen molar-refractivity contribution < 1.29 is 17.0 Å². The van der Waals surface area contributed by atoms with Crippen LogP contribution < -0.4 is 4.18 Å². The molecule has 0 N–H and O–H groups in total. The van der Waals surface area contributed by atoms with Crippen LogP contribution in [0.3, 0.4) is 0 Å². The van der Waals surface area contributed by atoms with Crippen LogP contribution in [0.5, 0.6) is 5.75 Å². The van der Waals surface area contributed by atoms with Crippen molar-refractivity contribution in [2.75, 3.05) is 0 Å². The molecule has 0 spiro atoms. The number of rotatable bonds is 3. The minimum atomic E-state index is -3.96. The molecule has 0 aliphatic heterocycles. The molecule has 106 valence electrons. The molecule has 0 saturated heterocycles. The van der Waals surface area contributed by atoms with E-state index in [9.17, 15) is 12.8 Å². The summed E-state index contributed by atoms with van der Waals surface area (Å²) in [7, 11) is -3.96. The molecule has 0 amide bonds. The molecule has 5 heteroatoms. The van der Waals surface area contributed by atoms with Crippen LogP contribution in [0.25, 0.3) is 0 Å². The molecule has 0 heterocycles. The lowest BCUT2D eigenvalue weighted by atomic mass is 10.1. The minimum absolute atomic E-state index is 0.0580. The van der Waals surface area contributed by atoms with Gasteiger partial charge in [0.15, 0.2) is 0 Å². The van der Waals surface area contributed by atoms with Gasteiger partial charge in [-0.05, 0) is 61.7 Å². The van der Waals surface area contributed by atoms with Crippen molar-refractivity contribution in [1.29, 1.82) is 0 Å². The van der Waals surface area contributed by atoms with Crippen LogP contribution in [0.4, 0.5) is 4.39 Å². The molecular formula is C15H15FO3S. The first-order valence-corrected chi connectivity index (χ1v) is 7.49. The molecule has 2 aromatic rings. The Morgan fingerprint density at radius 3 is 2.35 bits per heavy atom. The predicted octanol–water partition coefficient (Wildman–Crippen LogP) is 3.52. The fraction of sp³-hybridized carbons (Fsp3) is 0.200. The Kier molecular flexibility index (Phi) is 3.81. The zero-order valence-electron chi connectivity index (χ0n) is 11.5. The van der Waals surface area contributed by atoms with Crippen LogP contribution >= 0.6 is 0 Å². The van der Waals surface area contributed by atoms with Crippen molar-refractivity contribution in [2.45, 2.75) is 25.7 Å². The molecule has 3 nitrogen and oxygen atoms in total.